The fourth-order valence-corrected chi connectivity index (χ4v) is 5.47. The van der Waals surface area contributed by atoms with Gasteiger partial charge in [-0.25, -0.2) is 0 Å². The Morgan fingerprint density at radius 2 is 1.71 bits per heavy atom. The highest BCUT2D eigenvalue weighted by molar-refractivity contribution is 7.85. The molecular formula is C24H20N2OS. The Bertz CT molecular complexity index is 1110. The largest absolute Gasteiger partial charge is 0.354 e. The average molecular weight is 385 g/mol. The Morgan fingerprint density at radius 1 is 0.929 bits per heavy atom. The number of nitrogens with zero attached hydrogens (tertiary/aromatic N) is 1. The highest BCUT2D eigenvalue weighted by Gasteiger charge is 2.25. The maximum Gasteiger partial charge on any atom is 0.0538 e. The standard InChI is InChI=1S/C24H20N2OS/c1-16-15-28(27)23-8-7-19(13-20(16)23)22-14-21(17-9-11-25-12-10-17)24(26-22)18-5-3-2-4-6-18/h2-14,16,26H,15H2,1H3. The van der Waals surface area contributed by atoms with Crippen LogP contribution in [0.3, 0.4) is 0 Å². The minimum atomic E-state index is -0.868. The molecule has 0 amide bonds. The van der Waals surface area contributed by atoms with Crippen LogP contribution in [-0.4, -0.2) is 19.9 Å². The van der Waals surface area contributed by atoms with Crippen molar-refractivity contribution in [3.05, 3.63) is 84.7 Å². The lowest BCUT2D eigenvalue weighted by Crippen LogP contribution is -1.92. The zero-order chi connectivity index (χ0) is 19.1. The van der Waals surface area contributed by atoms with Crippen molar-refractivity contribution in [1.82, 2.24) is 9.97 Å². The smallest absolute Gasteiger partial charge is 0.0538 e. The summed E-state index contributed by atoms with van der Waals surface area (Å²) in [7, 11) is -0.868. The normalized spacial score (nSPS) is 18.2. The Kier molecular flexibility index (Phi) is 4.21. The molecule has 0 spiro atoms. The molecule has 0 aliphatic carbocycles. The molecule has 0 saturated carbocycles. The Morgan fingerprint density at radius 3 is 2.50 bits per heavy atom. The van der Waals surface area contributed by atoms with Gasteiger partial charge in [-0.15, -0.1) is 0 Å². The molecule has 4 heteroatoms. The number of hydrogen-bond donors (Lipinski definition) is 1. The number of pyridine rings is 1. The first-order valence-electron chi connectivity index (χ1n) is 9.42. The van der Waals surface area contributed by atoms with E-state index in [4.69, 9.17) is 0 Å². The summed E-state index contributed by atoms with van der Waals surface area (Å²) in [6.45, 7) is 2.15. The first-order valence-corrected chi connectivity index (χ1v) is 10.7. The van der Waals surface area contributed by atoms with E-state index >= 15 is 0 Å². The zero-order valence-electron chi connectivity index (χ0n) is 15.6. The van der Waals surface area contributed by atoms with Gasteiger partial charge in [0.1, 0.15) is 0 Å². The maximum atomic E-state index is 12.2. The van der Waals surface area contributed by atoms with Crippen LogP contribution in [0.2, 0.25) is 0 Å². The SMILES string of the molecule is CC1CS(=O)c2ccc(-c3cc(-c4ccncc4)c(-c4ccccc4)[nH]3)cc21. The van der Waals surface area contributed by atoms with Crippen molar-refractivity contribution >= 4 is 10.8 Å². The van der Waals surface area contributed by atoms with Crippen LogP contribution >= 0.6 is 0 Å². The van der Waals surface area contributed by atoms with Crippen LogP contribution in [0.25, 0.3) is 33.6 Å². The van der Waals surface area contributed by atoms with Crippen molar-refractivity contribution in [2.75, 3.05) is 5.75 Å². The second kappa shape index (κ2) is 6.88. The third kappa shape index (κ3) is 2.90. The van der Waals surface area contributed by atoms with Gasteiger partial charge in [0.25, 0.3) is 0 Å². The predicted molar refractivity (Wildman–Crippen MR) is 115 cm³/mol. The van der Waals surface area contributed by atoms with Crippen LogP contribution in [-0.2, 0) is 10.8 Å². The first kappa shape index (κ1) is 17.1. The number of aromatic amines is 1. The van der Waals surface area contributed by atoms with Gasteiger partial charge in [-0.1, -0.05) is 43.3 Å². The quantitative estimate of drug-likeness (QED) is 0.497. The predicted octanol–water partition coefficient (Wildman–Crippen LogP) is 5.64. The molecule has 2 aromatic carbocycles. The molecule has 3 heterocycles. The monoisotopic (exact) mass is 384 g/mol. The summed E-state index contributed by atoms with van der Waals surface area (Å²) in [5.74, 6) is 1.06. The van der Waals surface area contributed by atoms with Crippen molar-refractivity contribution in [1.29, 1.82) is 0 Å². The van der Waals surface area contributed by atoms with E-state index in [1.54, 1.807) is 0 Å². The molecule has 4 aromatic rings. The van der Waals surface area contributed by atoms with Gasteiger partial charge in [0.2, 0.25) is 0 Å². The molecule has 2 aromatic heterocycles. The first-order chi connectivity index (χ1) is 13.7. The molecule has 1 aliphatic heterocycles. The van der Waals surface area contributed by atoms with E-state index in [9.17, 15) is 4.21 Å². The number of benzene rings is 2. The molecule has 0 saturated heterocycles. The van der Waals surface area contributed by atoms with Crippen molar-refractivity contribution in [2.45, 2.75) is 17.7 Å². The summed E-state index contributed by atoms with van der Waals surface area (Å²) < 4.78 is 12.2. The molecule has 2 atom stereocenters. The fourth-order valence-electron chi connectivity index (χ4n) is 3.92. The number of hydrogen-bond acceptors (Lipinski definition) is 2. The van der Waals surface area contributed by atoms with E-state index in [0.29, 0.717) is 5.92 Å². The van der Waals surface area contributed by atoms with Crippen LogP contribution in [0.1, 0.15) is 18.4 Å². The summed E-state index contributed by atoms with van der Waals surface area (Å²) in [6.07, 6.45) is 3.65. The second-order valence-corrected chi connectivity index (χ2v) is 8.70. The third-order valence-electron chi connectivity index (χ3n) is 5.37. The lowest BCUT2D eigenvalue weighted by Gasteiger charge is -2.06. The number of nitrogens with one attached hydrogen (secondary N) is 1. The maximum absolute atomic E-state index is 12.2. The minimum absolute atomic E-state index is 0.332. The van der Waals surface area contributed by atoms with Gasteiger partial charge in [-0.05, 0) is 58.5 Å². The average Bonchev–Trinajstić information content (AvgIpc) is 3.31. The molecular weight excluding hydrogens is 364 g/mol. The molecule has 1 N–H and O–H groups in total. The van der Waals surface area contributed by atoms with Crippen LogP contribution in [0.4, 0.5) is 0 Å². The molecule has 0 radical (unpaired) electrons. The molecule has 3 nitrogen and oxygen atoms in total. The lowest BCUT2D eigenvalue weighted by atomic mass is 9.99. The van der Waals surface area contributed by atoms with Gasteiger partial charge in [0.05, 0.1) is 16.5 Å². The Balaban J connectivity index is 1.67. The highest BCUT2D eigenvalue weighted by atomic mass is 32.2. The molecule has 2 unspecified atom stereocenters. The topological polar surface area (TPSA) is 45.8 Å². The third-order valence-corrected chi connectivity index (χ3v) is 7.03. The second-order valence-electron chi connectivity index (χ2n) is 7.24. The number of rotatable bonds is 3. The summed E-state index contributed by atoms with van der Waals surface area (Å²) in [4.78, 5) is 8.77. The molecule has 138 valence electrons. The number of aromatic nitrogens is 2. The van der Waals surface area contributed by atoms with Gasteiger partial charge in [0.15, 0.2) is 0 Å². The molecule has 0 fully saturated rings. The number of H-pyrrole nitrogens is 1. The van der Waals surface area contributed by atoms with Crippen molar-refractivity contribution in [2.24, 2.45) is 0 Å². The molecule has 0 bridgehead atoms. The van der Waals surface area contributed by atoms with Crippen molar-refractivity contribution in [3.8, 4) is 33.6 Å². The molecule has 28 heavy (non-hydrogen) atoms. The van der Waals surface area contributed by atoms with E-state index in [1.807, 2.05) is 36.7 Å². The molecule has 1 aliphatic rings. The van der Waals surface area contributed by atoms with Gasteiger partial charge in [-0.2, -0.15) is 0 Å². The van der Waals surface area contributed by atoms with Crippen LogP contribution in [0, 0.1) is 0 Å². The van der Waals surface area contributed by atoms with Gasteiger partial charge >= 0.3 is 0 Å². The van der Waals surface area contributed by atoms with E-state index in [2.05, 4.69) is 59.4 Å². The van der Waals surface area contributed by atoms with Gasteiger partial charge in [-0.3, -0.25) is 9.19 Å². The molecule has 5 rings (SSSR count). The van der Waals surface area contributed by atoms with Crippen LogP contribution < -0.4 is 0 Å². The summed E-state index contributed by atoms with van der Waals surface area (Å²) >= 11 is 0. The highest BCUT2D eigenvalue weighted by Crippen LogP contribution is 2.39. The summed E-state index contributed by atoms with van der Waals surface area (Å²) in [5, 5.41) is 0. The van der Waals surface area contributed by atoms with Gasteiger partial charge in [0, 0.05) is 34.3 Å². The van der Waals surface area contributed by atoms with Gasteiger partial charge < -0.3 is 4.98 Å². The van der Waals surface area contributed by atoms with E-state index in [1.165, 1.54) is 5.56 Å². The summed E-state index contributed by atoms with van der Waals surface area (Å²) in [5.41, 5.74) is 7.93. The zero-order valence-corrected chi connectivity index (χ0v) is 16.4. The fraction of sp³-hybridized carbons (Fsp3) is 0.125. The van der Waals surface area contributed by atoms with Crippen LogP contribution in [0.5, 0.6) is 0 Å². The number of fused-ring (bicyclic) bond motifs is 1. The van der Waals surface area contributed by atoms with E-state index < -0.39 is 10.8 Å². The summed E-state index contributed by atoms with van der Waals surface area (Å²) in [6, 6.07) is 22.9. The Hall–Kier alpha value is -2.98. The van der Waals surface area contributed by atoms with E-state index in [-0.39, 0.29) is 0 Å². The lowest BCUT2D eigenvalue weighted by molar-refractivity contribution is 0.684. The minimum Gasteiger partial charge on any atom is -0.354 e. The van der Waals surface area contributed by atoms with Crippen LogP contribution in [0.15, 0.2) is 84.0 Å². The Labute approximate surface area is 166 Å². The van der Waals surface area contributed by atoms with Crippen molar-refractivity contribution in [3.63, 3.8) is 0 Å². The van der Waals surface area contributed by atoms with E-state index in [0.717, 1.165) is 44.3 Å². The van der Waals surface area contributed by atoms with Crippen molar-refractivity contribution < 1.29 is 4.21 Å².